The molecule has 6 heteroatoms. The lowest BCUT2D eigenvalue weighted by molar-refractivity contribution is 0.0696. The lowest BCUT2D eigenvalue weighted by Gasteiger charge is -2.06. The molecule has 0 unspecified atom stereocenters. The predicted octanol–water partition coefficient (Wildman–Crippen LogP) is 1.63. The van der Waals surface area contributed by atoms with Crippen LogP contribution < -0.4 is 0 Å². The Kier molecular flexibility index (Phi) is 2.75. The predicted molar refractivity (Wildman–Crippen MR) is 69.8 cm³/mol. The van der Waals surface area contributed by atoms with Gasteiger partial charge in [-0.1, -0.05) is 0 Å². The van der Waals surface area contributed by atoms with Crippen LogP contribution in [-0.4, -0.2) is 25.8 Å². The number of nitrogens with zero attached hydrogens (tertiary/aromatic N) is 4. The fourth-order valence-corrected chi connectivity index (χ4v) is 2.50. The van der Waals surface area contributed by atoms with Crippen molar-refractivity contribution in [3.05, 3.63) is 40.3 Å². The zero-order valence-electron chi connectivity index (χ0n) is 10.9. The van der Waals surface area contributed by atoms with Crippen molar-refractivity contribution in [2.24, 2.45) is 0 Å². The van der Waals surface area contributed by atoms with Gasteiger partial charge in [-0.2, -0.15) is 10.4 Å². The van der Waals surface area contributed by atoms with Crippen molar-refractivity contribution >= 4 is 5.97 Å². The molecular formula is C14H12N4O2. The van der Waals surface area contributed by atoms with Crippen LogP contribution in [0.25, 0.3) is 5.82 Å². The molecule has 2 heterocycles. The van der Waals surface area contributed by atoms with Gasteiger partial charge < -0.3 is 5.11 Å². The zero-order chi connectivity index (χ0) is 14.3. The number of pyridine rings is 1. The number of aryl methyl sites for hydroxylation is 3. The SMILES string of the molecule is Cc1nn(-c2nc3c(cc2C#N)CCC3)cc1C(=O)O. The normalized spacial score (nSPS) is 13.0. The highest BCUT2D eigenvalue weighted by atomic mass is 16.4. The first-order valence-electron chi connectivity index (χ1n) is 6.33. The van der Waals surface area contributed by atoms with Crippen molar-refractivity contribution in [1.29, 1.82) is 5.26 Å². The first-order chi connectivity index (χ1) is 9.60. The molecule has 1 aliphatic rings. The smallest absolute Gasteiger partial charge is 0.339 e. The number of nitriles is 1. The van der Waals surface area contributed by atoms with E-state index < -0.39 is 5.97 Å². The van der Waals surface area contributed by atoms with E-state index in [1.807, 2.05) is 6.07 Å². The van der Waals surface area contributed by atoms with Crippen LogP contribution in [-0.2, 0) is 12.8 Å². The third-order valence-corrected chi connectivity index (χ3v) is 3.50. The number of carbonyl (C=O) groups is 1. The van der Waals surface area contributed by atoms with Gasteiger partial charge in [-0.3, -0.25) is 0 Å². The molecule has 0 aliphatic heterocycles. The van der Waals surface area contributed by atoms with E-state index in [-0.39, 0.29) is 5.56 Å². The first kappa shape index (κ1) is 12.4. The molecule has 0 atom stereocenters. The van der Waals surface area contributed by atoms with Crippen molar-refractivity contribution in [1.82, 2.24) is 14.8 Å². The molecule has 3 rings (SSSR count). The maximum atomic E-state index is 11.1. The Morgan fingerprint density at radius 1 is 1.50 bits per heavy atom. The van der Waals surface area contributed by atoms with E-state index in [0.717, 1.165) is 30.5 Å². The second-order valence-corrected chi connectivity index (χ2v) is 4.81. The molecule has 0 saturated carbocycles. The number of hydrogen-bond donors (Lipinski definition) is 1. The molecule has 1 N–H and O–H groups in total. The topological polar surface area (TPSA) is 91.8 Å². The maximum absolute atomic E-state index is 11.1. The van der Waals surface area contributed by atoms with E-state index in [0.29, 0.717) is 17.1 Å². The van der Waals surface area contributed by atoms with Crippen LogP contribution in [0.15, 0.2) is 12.3 Å². The molecule has 20 heavy (non-hydrogen) atoms. The molecular weight excluding hydrogens is 256 g/mol. The van der Waals surface area contributed by atoms with Crippen molar-refractivity contribution < 1.29 is 9.90 Å². The number of carboxylic acids is 1. The van der Waals surface area contributed by atoms with Crippen LogP contribution in [0.2, 0.25) is 0 Å². The summed E-state index contributed by atoms with van der Waals surface area (Å²) < 4.78 is 1.38. The van der Waals surface area contributed by atoms with E-state index in [9.17, 15) is 10.1 Å². The number of carboxylic acid groups (broad SMARTS) is 1. The molecule has 0 radical (unpaired) electrons. The Balaban J connectivity index is 2.17. The monoisotopic (exact) mass is 268 g/mol. The van der Waals surface area contributed by atoms with Gasteiger partial charge in [-0.05, 0) is 37.8 Å². The molecule has 1 aliphatic carbocycles. The fourth-order valence-electron chi connectivity index (χ4n) is 2.50. The Morgan fingerprint density at radius 2 is 2.30 bits per heavy atom. The van der Waals surface area contributed by atoms with Gasteiger partial charge in [0.05, 0.1) is 11.3 Å². The highest BCUT2D eigenvalue weighted by Gasteiger charge is 2.20. The third kappa shape index (κ3) is 1.84. The van der Waals surface area contributed by atoms with Crippen LogP contribution in [0.1, 0.15) is 39.3 Å². The van der Waals surface area contributed by atoms with E-state index in [4.69, 9.17) is 5.11 Å². The molecule has 0 aromatic carbocycles. The lowest BCUT2D eigenvalue weighted by atomic mass is 10.1. The molecule has 2 aromatic heterocycles. The standard InChI is InChI=1S/C14H12N4O2/c1-8-11(14(19)20)7-18(17-8)13-10(6-15)5-9-3-2-4-12(9)16-13/h5,7H,2-4H2,1H3,(H,19,20). The summed E-state index contributed by atoms with van der Waals surface area (Å²) in [4.78, 5) is 15.6. The minimum absolute atomic E-state index is 0.121. The van der Waals surface area contributed by atoms with Crippen molar-refractivity contribution in [3.63, 3.8) is 0 Å². The van der Waals surface area contributed by atoms with Gasteiger partial charge in [0.25, 0.3) is 0 Å². The van der Waals surface area contributed by atoms with E-state index in [1.165, 1.54) is 10.9 Å². The number of aromatic carboxylic acids is 1. The molecule has 0 saturated heterocycles. The van der Waals surface area contributed by atoms with Gasteiger partial charge in [-0.15, -0.1) is 0 Å². The first-order valence-corrected chi connectivity index (χ1v) is 6.33. The summed E-state index contributed by atoms with van der Waals surface area (Å²) in [7, 11) is 0. The average molecular weight is 268 g/mol. The largest absolute Gasteiger partial charge is 0.478 e. The Morgan fingerprint density at radius 3 is 2.95 bits per heavy atom. The van der Waals surface area contributed by atoms with E-state index in [1.54, 1.807) is 6.92 Å². The quantitative estimate of drug-likeness (QED) is 0.893. The van der Waals surface area contributed by atoms with Gasteiger partial charge >= 0.3 is 5.97 Å². The Hall–Kier alpha value is -2.68. The number of rotatable bonds is 2. The summed E-state index contributed by atoms with van der Waals surface area (Å²) >= 11 is 0. The van der Waals surface area contributed by atoms with Crippen molar-refractivity contribution in [3.8, 4) is 11.9 Å². The third-order valence-electron chi connectivity index (χ3n) is 3.50. The highest BCUT2D eigenvalue weighted by Crippen LogP contribution is 2.24. The fraction of sp³-hybridized carbons (Fsp3) is 0.286. The molecule has 0 spiro atoms. The molecule has 6 nitrogen and oxygen atoms in total. The van der Waals surface area contributed by atoms with Gasteiger partial charge in [-0.25, -0.2) is 14.5 Å². The second-order valence-electron chi connectivity index (χ2n) is 4.81. The van der Waals surface area contributed by atoms with Crippen LogP contribution in [0.3, 0.4) is 0 Å². The molecule has 0 fully saturated rings. The molecule has 0 bridgehead atoms. The summed E-state index contributed by atoms with van der Waals surface area (Å²) in [5.74, 6) is -0.628. The zero-order valence-corrected chi connectivity index (χ0v) is 10.9. The van der Waals surface area contributed by atoms with Gasteiger partial charge in [0.1, 0.15) is 11.6 Å². The van der Waals surface area contributed by atoms with Crippen LogP contribution in [0.4, 0.5) is 0 Å². The maximum Gasteiger partial charge on any atom is 0.339 e. The highest BCUT2D eigenvalue weighted by molar-refractivity contribution is 5.88. The molecule has 0 amide bonds. The van der Waals surface area contributed by atoms with E-state index >= 15 is 0 Å². The van der Waals surface area contributed by atoms with E-state index in [2.05, 4.69) is 16.2 Å². The van der Waals surface area contributed by atoms with Crippen molar-refractivity contribution in [2.45, 2.75) is 26.2 Å². The van der Waals surface area contributed by atoms with Crippen LogP contribution in [0.5, 0.6) is 0 Å². The number of hydrogen-bond acceptors (Lipinski definition) is 4. The van der Waals surface area contributed by atoms with Crippen LogP contribution in [0, 0.1) is 18.3 Å². The molecule has 2 aromatic rings. The van der Waals surface area contributed by atoms with Gasteiger partial charge in [0.2, 0.25) is 0 Å². The van der Waals surface area contributed by atoms with Crippen LogP contribution >= 0.6 is 0 Å². The van der Waals surface area contributed by atoms with Crippen molar-refractivity contribution in [2.75, 3.05) is 0 Å². The molecule has 100 valence electrons. The summed E-state index contributed by atoms with van der Waals surface area (Å²) in [6.45, 7) is 1.62. The number of aromatic nitrogens is 3. The summed E-state index contributed by atoms with van der Waals surface area (Å²) in [5, 5.41) is 22.5. The number of fused-ring (bicyclic) bond motifs is 1. The average Bonchev–Trinajstić information content (AvgIpc) is 3.02. The van der Waals surface area contributed by atoms with Gasteiger partial charge in [0.15, 0.2) is 5.82 Å². The summed E-state index contributed by atoms with van der Waals surface area (Å²) in [6, 6.07) is 3.95. The lowest BCUT2D eigenvalue weighted by Crippen LogP contribution is -2.05. The van der Waals surface area contributed by atoms with Gasteiger partial charge in [0, 0.05) is 11.9 Å². The Bertz CT molecular complexity index is 755. The summed E-state index contributed by atoms with van der Waals surface area (Å²) in [5.41, 5.74) is 3.03. The Labute approximate surface area is 115 Å². The minimum Gasteiger partial charge on any atom is -0.478 e. The second kappa shape index (κ2) is 4.46. The minimum atomic E-state index is -1.03. The summed E-state index contributed by atoms with van der Waals surface area (Å²) in [6.07, 6.45) is 4.27.